The van der Waals surface area contributed by atoms with Crippen molar-refractivity contribution in [3.05, 3.63) is 145 Å². The molecule has 0 radical (unpaired) electrons. The summed E-state index contributed by atoms with van der Waals surface area (Å²) < 4.78 is 0. The molecule has 0 saturated carbocycles. The van der Waals surface area contributed by atoms with Gasteiger partial charge in [0.1, 0.15) is 0 Å². The van der Waals surface area contributed by atoms with Crippen LogP contribution in [-0.2, 0) is 0 Å². The van der Waals surface area contributed by atoms with Crippen LogP contribution in [0.5, 0.6) is 0 Å². The molecule has 7 heterocycles. The van der Waals surface area contributed by atoms with E-state index in [4.69, 9.17) is 21.4 Å². The second-order valence-electron chi connectivity index (χ2n) is 12.2. The van der Waals surface area contributed by atoms with E-state index < -0.39 is 0 Å². The number of benzene rings is 2. The minimum atomic E-state index is 0.695. The first kappa shape index (κ1) is 29.1. The zero-order valence-corrected chi connectivity index (χ0v) is 26.8. The van der Waals surface area contributed by atoms with Crippen LogP contribution in [0, 0.1) is 0 Å². The number of nitrogens with two attached hydrogens (primary N) is 2. The van der Waals surface area contributed by atoms with Crippen LogP contribution in [0.4, 0.5) is 11.4 Å². The number of aromatic amines is 2. The second kappa shape index (κ2) is 11.9. The molecule has 7 aromatic rings. The van der Waals surface area contributed by atoms with E-state index in [9.17, 15) is 0 Å². The molecule has 8 heteroatoms. The summed E-state index contributed by atoms with van der Waals surface area (Å²) in [7, 11) is 0. The number of hydrogen-bond donors (Lipinski definition) is 4. The number of pyridine rings is 2. The third-order valence-corrected chi connectivity index (χ3v) is 9.05. The molecular weight excluding hydrogens is 617 g/mol. The number of nitrogen functional groups attached to an aromatic ring is 2. The maximum atomic E-state index is 6.13. The lowest BCUT2D eigenvalue weighted by Crippen LogP contribution is -1.90. The molecule has 238 valence electrons. The Labute approximate surface area is 287 Å². The smallest absolute Gasteiger partial charge is 0.0737 e. The fraction of sp³-hybridized carbons (Fsp3) is 0. The summed E-state index contributed by atoms with van der Waals surface area (Å²) in [6.45, 7) is 0. The summed E-state index contributed by atoms with van der Waals surface area (Å²) in [6, 6.07) is 32.2. The second-order valence-corrected chi connectivity index (χ2v) is 12.2. The largest absolute Gasteiger partial charge is 0.399 e. The Hall–Kier alpha value is -7.06. The Kier molecular flexibility index (Phi) is 6.91. The standard InChI is InChI=1S/C42H30N8/c43-29-9-5-25(6-10-29)39-31-13-17-35(47-31)41(27-3-1-21-45-23-27)36-18-14-32(48-36)40(26-7-11-30(44)12-8-26)34-16-20-38(50-34)42(28-4-2-22-46-24-28)37-19-15-33(39)49-37/h1-24,47,50H,43-44H2. The molecule has 0 amide bonds. The first-order chi connectivity index (χ1) is 24.6. The summed E-state index contributed by atoms with van der Waals surface area (Å²) >= 11 is 0. The van der Waals surface area contributed by atoms with Crippen molar-refractivity contribution in [3.63, 3.8) is 0 Å². The van der Waals surface area contributed by atoms with Gasteiger partial charge in [-0.15, -0.1) is 0 Å². The normalized spacial score (nSPS) is 12.0. The predicted molar refractivity (Wildman–Crippen MR) is 205 cm³/mol. The number of anilines is 2. The minimum absolute atomic E-state index is 0.695. The average Bonchev–Trinajstić information content (AvgIpc) is 3.98. The van der Waals surface area contributed by atoms with Crippen molar-refractivity contribution in [1.82, 2.24) is 29.9 Å². The Balaban J connectivity index is 1.47. The first-order valence-electron chi connectivity index (χ1n) is 16.3. The van der Waals surface area contributed by atoms with Crippen LogP contribution >= 0.6 is 0 Å². The molecule has 9 rings (SSSR count). The van der Waals surface area contributed by atoms with E-state index in [1.54, 1.807) is 12.4 Å². The maximum Gasteiger partial charge on any atom is 0.0737 e. The number of nitrogens with one attached hydrogen (secondary N) is 2. The fourth-order valence-corrected chi connectivity index (χ4v) is 6.74. The number of hydrogen-bond acceptors (Lipinski definition) is 6. The van der Waals surface area contributed by atoms with Crippen molar-refractivity contribution in [1.29, 1.82) is 0 Å². The van der Waals surface area contributed by atoms with Crippen molar-refractivity contribution in [2.75, 3.05) is 11.5 Å². The molecule has 0 fully saturated rings. The van der Waals surface area contributed by atoms with Gasteiger partial charge >= 0.3 is 0 Å². The third-order valence-electron chi connectivity index (χ3n) is 9.05. The summed E-state index contributed by atoms with van der Waals surface area (Å²) in [5.74, 6) is 0. The number of nitrogens with zero attached hydrogens (tertiary/aromatic N) is 4. The Morgan fingerprint density at radius 3 is 1.04 bits per heavy atom. The SMILES string of the molecule is Nc1ccc(-c2c3nc(c(-c4cccnc4)c4ccc([nH]4)c(-c4ccc(N)cc4)c4nc(c(-c5cccnc5)c5ccc2[nH]5)C=C4)C=C3)cc1. The predicted octanol–water partition coefficient (Wildman–Crippen LogP) is 9.28. The van der Waals surface area contributed by atoms with Crippen molar-refractivity contribution in [2.24, 2.45) is 0 Å². The van der Waals surface area contributed by atoms with Crippen molar-refractivity contribution in [2.45, 2.75) is 0 Å². The lowest BCUT2D eigenvalue weighted by molar-refractivity contribution is 1.29. The molecule has 8 nitrogen and oxygen atoms in total. The van der Waals surface area contributed by atoms with Crippen LogP contribution < -0.4 is 11.5 Å². The first-order valence-corrected chi connectivity index (χ1v) is 16.3. The third kappa shape index (κ3) is 5.12. The summed E-state index contributed by atoms with van der Waals surface area (Å²) in [5, 5.41) is 0. The van der Waals surface area contributed by atoms with E-state index >= 15 is 0 Å². The van der Waals surface area contributed by atoms with Crippen molar-refractivity contribution < 1.29 is 0 Å². The molecule has 5 aromatic heterocycles. The molecule has 2 aliphatic heterocycles. The van der Waals surface area contributed by atoms with Crippen LogP contribution in [0.2, 0.25) is 0 Å². The fourth-order valence-electron chi connectivity index (χ4n) is 6.74. The quantitative estimate of drug-likeness (QED) is 0.141. The zero-order chi connectivity index (χ0) is 33.6. The summed E-state index contributed by atoms with van der Waals surface area (Å²) in [6.07, 6.45) is 15.6. The molecule has 2 aliphatic rings. The van der Waals surface area contributed by atoms with Crippen LogP contribution in [0.1, 0.15) is 22.8 Å². The molecule has 50 heavy (non-hydrogen) atoms. The highest BCUT2D eigenvalue weighted by Crippen LogP contribution is 2.38. The van der Waals surface area contributed by atoms with Crippen LogP contribution in [-0.4, -0.2) is 29.9 Å². The van der Waals surface area contributed by atoms with E-state index in [0.29, 0.717) is 11.4 Å². The summed E-state index contributed by atoms with van der Waals surface area (Å²) in [5.41, 5.74) is 28.2. The van der Waals surface area contributed by atoms with Gasteiger partial charge in [-0.25, -0.2) is 9.97 Å². The maximum absolute atomic E-state index is 6.13. The van der Waals surface area contributed by atoms with E-state index in [1.165, 1.54) is 0 Å². The number of fused-ring (bicyclic) bond motifs is 8. The highest BCUT2D eigenvalue weighted by Gasteiger charge is 2.19. The van der Waals surface area contributed by atoms with Crippen molar-refractivity contribution in [3.8, 4) is 44.5 Å². The van der Waals surface area contributed by atoms with Gasteiger partial charge in [-0.1, -0.05) is 36.4 Å². The topological polar surface area (TPSA) is 135 Å². The number of rotatable bonds is 4. The van der Waals surface area contributed by atoms with Crippen LogP contribution in [0.15, 0.2) is 122 Å². The van der Waals surface area contributed by atoms with Crippen molar-refractivity contribution >= 4 is 57.7 Å². The lowest BCUT2D eigenvalue weighted by atomic mass is 10.0. The van der Waals surface area contributed by atoms with Gasteiger partial charge in [-0.05, 0) is 96.1 Å². The molecule has 0 atom stereocenters. The Bertz CT molecular complexity index is 2450. The van der Waals surface area contributed by atoms with Gasteiger partial charge < -0.3 is 21.4 Å². The number of aromatic nitrogens is 6. The van der Waals surface area contributed by atoms with Crippen LogP contribution in [0.25, 0.3) is 90.9 Å². The van der Waals surface area contributed by atoms with Gasteiger partial charge in [0.15, 0.2) is 0 Å². The Morgan fingerprint density at radius 2 is 0.720 bits per heavy atom. The molecule has 8 bridgehead atoms. The van der Waals surface area contributed by atoms with E-state index in [-0.39, 0.29) is 0 Å². The van der Waals surface area contributed by atoms with E-state index in [2.05, 4.69) is 80.6 Å². The summed E-state index contributed by atoms with van der Waals surface area (Å²) in [4.78, 5) is 27.0. The molecular formula is C42H30N8. The van der Waals surface area contributed by atoms with Crippen LogP contribution in [0.3, 0.4) is 0 Å². The minimum Gasteiger partial charge on any atom is -0.399 e. The van der Waals surface area contributed by atoms with Gasteiger partial charge in [-0.3, -0.25) is 9.97 Å². The highest BCUT2D eigenvalue weighted by molar-refractivity contribution is 5.99. The lowest BCUT2D eigenvalue weighted by Gasteiger charge is -2.07. The molecule has 0 saturated heterocycles. The van der Waals surface area contributed by atoms with Gasteiger partial charge in [0.2, 0.25) is 0 Å². The van der Waals surface area contributed by atoms with Gasteiger partial charge in [0.05, 0.1) is 22.8 Å². The molecule has 0 spiro atoms. The monoisotopic (exact) mass is 646 g/mol. The van der Waals surface area contributed by atoms with Gasteiger partial charge in [0.25, 0.3) is 0 Å². The van der Waals surface area contributed by atoms with E-state index in [1.807, 2.05) is 73.1 Å². The van der Waals surface area contributed by atoms with Gasteiger partial charge in [-0.2, -0.15) is 0 Å². The van der Waals surface area contributed by atoms with Gasteiger partial charge in [0, 0.05) is 91.6 Å². The zero-order valence-electron chi connectivity index (χ0n) is 26.8. The molecule has 0 aliphatic carbocycles. The highest BCUT2D eigenvalue weighted by atomic mass is 14.8. The number of H-pyrrole nitrogens is 2. The Morgan fingerprint density at radius 1 is 0.380 bits per heavy atom. The molecule has 6 N–H and O–H groups in total. The average molecular weight is 647 g/mol. The molecule has 2 aromatic carbocycles. The van der Waals surface area contributed by atoms with E-state index in [0.717, 1.165) is 89.4 Å². The molecule has 0 unspecified atom stereocenters.